The molecule has 1 aliphatic rings. The van der Waals surface area contributed by atoms with Crippen LogP contribution >= 0.6 is 11.6 Å². The highest BCUT2D eigenvalue weighted by atomic mass is 35.5. The molecule has 2 nitrogen and oxygen atoms in total. The summed E-state index contributed by atoms with van der Waals surface area (Å²) in [5.74, 6) is 0.900. The van der Waals surface area contributed by atoms with Crippen molar-refractivity contribution in [2.24, 2.45) is 0 Å². The molecule has 2 rings (SSSR count). The molecule has 16 heavy (non-hydrogen) atoms. The van der Waals surface area contributed by atoms with E-state index in [2.05, 4.69) is 11.0 Å². The van der Waals surface area contributed by atoms with E-state index in [9.17, 15) is 0 Å². The van der Waals surface area contributed by atoms with Crippen molar-refractivity contribution >= 4 is 11.6 Å². The molecule has 0 aromatic heterocycles. The van der Waals surface area contributed by atoms with Crippen LogP contribution in [-0.4, -0.2) is 25.1 Å². The molecule has 0 heterocycles. The van der Waals surface area contributed by atoms with Crippen LogP contribution in [0.3, 0.4) is 0 Å². The van der Waals surface area contributed by atoms with Crippen LogP contribution in [0.5, 0.6) is 5.75 Å². The molecule has 0 saturated heterocycles. The molecule has 1 aromatic carbocycles. The maximum absolute atomic E-state index is 6.21. The standard InChI is InChI=1S/C13H18ClNO/c1-15(2)9-10-6-7-12(8-13(10)14)16-11-4-3-5-11/h6-8,11H,3-5,9H2,1-2H3. The Morgan fingerprint density at radius 1 is 1.38 bits per heavy atom. The molecule has 0 N–H and O–H groups in total. The third kappa shape index (κ3) is 2.89. The quantitative estimate of drug-likeness (QED) is 0.799. The van der Waals surface area contributed by atoms with Crippen LogP contribution in [0.2, 0.25) is 5.02 Å². The first-order valence-electron chi connectivity index (χ1n) is 5.75. The van der Waals surface area contributed by atoms with Crippen molar-refractivity contribution in [1.29, 1.82) is 0 Å². The lowest BCUT2D eigenvalue weighted by Gasteiger charge is -2.26. The number of nitrogens with zero attached hydrogens (tertiary/aromatic N) is 1. The Bertz CT molecular complexity index is 361. The smallest absolute Gasteiger partial charge is 0.121 e. The van der Waals surface area contributed by atoms with Gasteiger partial charge in [-0.1, -0.05) is 17.7 Å². The lowest BCUT2D eigenvalue weighted by Crippen LogP contribution is -2.24. The molecule has 3 heteroatoms. The van der Waals surface area contributed by atoms with Crippen LogP contribution in [0.25, 0.3) is 0 Å². The minimum Gasteiger partial charge on any atom is -0.490 e. The van der Waals surface area contributed by atoms with Crippen LogP contribution in [0, 0.1) is 0 Å². The molecule has 1 fully saturated rings. The van der Waals surface area contributed by atoms with E-state index in [1.165, 1.54) is 19.3 Å². The molecule has 0 aliphatic heterocycles. The van der Waals surface area contributed by atoms with Crippen molar-refractivity contribution in [2.45, 2.75) is 31.9 Å². The van der Waals surface area contributed by atoms with Gasteiger partial charge in [-0.2, -0.15) is 0 Å². The van der Waals surface area contributed by atoms with E-state index in [1.54, 1.807) is 0 Å². The molecule has 0 radical (unpaired) electrons. The first-order valence-corrected chi connectivity index (χ1v) is 6.13. The third-order valence-electron chi connectivity index (χ3n) is 2.87. The third-order valence-corrected chi connectivity index (χ3v) is 3.22. The average molecular weight is 240 g/mol. The summed E-state index contributed by atoms with van der Waals surface area (Å²) >= 11 is 6.21. The van der Waals surface area contributed by atoms with E-state index >= 15 is 0 Å². The minimum absolute atomic E-state index is 0.413. The van der Waals surface area contributed by atoms with Gasteiger partial charge in [-0.05, 0) is 51.1 Å². The fourth-order valence-electron chi connectivity index (χ4n) is 1.75. The fraction of sp³-hybridized carbons (Fsp3) is 0.538. The molecule has 0 atom stereocenters. The highest BCUT2D eigenvalue weighted by Gasteiger charge is 2.19. The second kappa shape index (κ2) is 5.07. The van der Waals surface area contributed by atoms with Crippen LogP contribution < -0.4 is 4.74 Å². The molecule has 88 valence electrons. The van der Waals surface area contributed by atoms with E-state index in [-0.39, 0.29) is 0 Å². The highest BCUT2D eigenvalue weighted by Crippen LogP contribution is 2.28. The van der Waals surface area contributed by atoms with Crippen LogP contribution in [-0.2, 0) is 6.54 Å². The van der Waals surface area contributed by atoms with E-state index in [4.69, 9.17) is 16.3 Å². The van der Waals surface area contributed by atoms with Crippen molar-refractivity contribution in [3.8, 4) is 5.75 Å². The number of rotatable bonds is 4. The zero-order valence-corrected chi connectivity index (χ0v) is 10.6. The Labute approximate surface area is 102 Å². The Hall–Kier alpha value is -0.730. The molecular weight excluding hydrogens is 222 g/mol. The summed E-state index contributed by atoms with van der Waals surface area (Å²) in [6, 6.07) is 6.00. The molecule has 0 unspecified atom stereocenters. The van der Waals surface area contributed by atoms with E-state index in [0.29, 0.717) is 6.10 Å². The summed E-state index contributed by atoms with van der Waals surface area (Å²) in [4.78, 5) is 2.10. The maximum atomic E-state index is 6.21. The van der Waals surface area contributed by atoms with Crippen LogP contribution in [0.4, 0.5) is 0 Å². The molecule has 0 spiro atoms. The summed E-state index contributed by atoms with van der Waals surface area (Å²) < 4.78 is 5.79. The Morgan fingerprint density at radius 3 is 2.62 bits per heavy atom. The number of ether oxygens (including phenoxy) is 1. The monoisotopic (exact) mass is 239 g/mol. The van der Waals surface area contributed by atoms with E-state index in [0.717, 1.165) is 22.9 Å². The van der Waals surface area contributed by atoms with E-state index < -0.39 is 0 Å². The number of hydrogen-bond acceptors (Lipinski definition) is 2. The van der Waals surface area contributed by atoms with Crippen LogP contribution in [0.15, 0.2) is 18.2 Å². The highest BCUT2D eigenvalue weighted by molar-refractivity contribution is 6.31. The van der Waals surface area contributed by atoms with Crippen molar-refractivity contribution in [3.63, 3.8) is 0 Å². The van der Waals surface area contributed by atoms with Crippen molar-refractivity contribution in [1.82, 2.24) is 4.90 Å². The lowest BCUT2D eigenvalue weighted by atomic mass is 9.96. The molecule has 1 saturated carbocycles. The van der Waals surface area contributed by atoms with Gasteiger partial charge in [-0.15, -0.1) is 0 Å². The van der Waals surface area contributed by atoms with Crippen LogP contribution in [0.1, 0.15) is 24.8 Å². The molecule has 1 aliphatic carbocycles. The predicted molar refractivity (Wildman–Crippen MR) is 67.1 cm³/mol. The minimum atomic E-state index is 0.413. The van der Waals surface area contributed by atoms with Gasteiger partial charge in [0.15, 0.2) is 0 Å². The molecule has 1 aromatic rings. The molecular formula is C13H18ClNO. The van der Waals surface area contributed by atoms with Crippen molar-refractivity contribution in [2.75, 3.05) is 14.1 Å². The van der Waals surface area contributed by atoms with Gasteiger partial charge in [0.05, 0.1) is 6.10 Å². The van der Waals surface area contributed by atoms with Gasteiger partial charge in [-0.25, -0.2) is 0 Å². The SMILES string of the molecule is CN(C)Cc1ccc(OC2CCC2)cc1Cl. The van der Waals surface area contributed by atoms with Crippen molar-refractivity contribution < 1.29 is 4.74 Å². The van der Waals surface area contributed by atoms with Gasteiger partial charge in [0.25, 0.3) is 0 Å². The zero-order valence-electron chi connectivity index (χ0n) is 9.87. The summed E-state index contributed by atoms with van der Waals surface area (Å²) in [6.45, 7) is 0.864. The normalized spacial score (nSPS) is 16.2. The summed E-state index contributed by atoms with van der Waals surface area (Å²) in [5, 5.41) is 0.797. The van der Waals surface area contributed by atoms with Crippen molar-refractivity contribution in [3.05, 3.63) is 28.8 Å². The van der Waals surface area contributed by atoms with E-state index in [1.807, 2.05) is 26.2 Å². The Morgan fingerprint density at radius 2 is 2.12 bits per heavy atom. The molecule has 0 amide bonds. The fourth-order valence-corrected chi connectivity index (χ4v) is 1.98. The lowest BCUT2D eigenvalue weighted by molar-refractivity contribution is 0.120. The summed E-state index contributed by atoms with van der Waals surface area (Å²) in [6.07, 6.45) is 4.06. The second-order valence-corrected chi connectivity index (χ2v) is 5.07. The molecule has 0 bridgehead atoms. The van der Waals surface area contributed by atoms with Gasteiger partial charge in [0, 0.05) is 11.6 Å². The first-order chi connectivity index (χ1) is 7.65. The van der Waals surface area contributed by atoms with Gasteiger partial charge < -0.3 is 9.64 Å². The number of hydrogen-bond donors (Lipinski definition) is 0. The maximum Gasteiger partial charge on any atom is 0.121 e. The first kappa shape index (κ1) is 11.7. The average Bonchev–Trinajstić information content (AvgIpc) is 2.15. The topological polar surface area (TPSA) is 12.5 Å². The summed E-state index contributed by atoms with van der Waals surface area (Å²) in [5.41, 5.74) is 1.15. The second-order valence-electron chi connectivity index (χ2n) is 4.66. The Kier molecular flexibility index (Phi) is 3.72. The van der Waals surface area contributed by atoms with Gasteiger partial charge in [-0.3, -0.25) is 0 Å². The Balaban J connectivity index is 2.03. The number of halogens is 1. The van der Waals surface area contributed by atoms with Gasteiger partial charge in [0.1, 0.15) is 5.75 Å². The predicted octanol–water partition coefficient (Wildman–Crippen LogP) is 3.33. The number of benzene rings is 1. The van der Waals surface area contributed by atoms with Gasteiger partial charge in [0.2, 0.25) is 0 Å². The zero-order chi connectivity index (χ0) is 11.5. The van der Waals surface area contributed by atoms with Gasteiger partial charge >= 0.3 is 0 Å². The summed E-state index contributed by atoms with van der Waals surface area (Å²) in [7, 11) is 4.07. The largest absolute Gasteiger partial charge is 0.490 e.